The Morgan fingerprint density at radius 3 is 2.36 bits per heavy atom. The molecular formula is C12H25NO. The van der Waals surface area contributed by atoms with Crippen molar-refractivity contribution in [2.45, 2.75) is 39.7 Å². The molecule has 2 heteroatoms. The summed E-state index contributed by atoms with van der Waals surface area (Å²) in [5, 5.41) is 10.1. The highest BCUT2D eigenvalue weighted by atomic mass is 16.3. The molecule has 1 rings (SSSR count). The van der Waals surface area contributed by atoms with Gasteiger partial charge in [-0.15, -0.1) is 0 Å². The highest BCUT2D eigenvalue weighted by Crippen LogP contribution is 2.43. The summed E-state index contributed by atoms with van der Waals surface area (Å²) in [4.78, 5) is 2.19. The van der Waals surface area contributed by atoms with Crippen LogP contribution in [0.3, 0.4) is 0 Å². The van der Waals surface area contributed by atoms with Crippen LogP contribution in [0.4, 0.5) is 0 Å². The maximum absolute atomic E-state index is 10.1. The largest absolute Gasteiger partial charge is 0.393 e. The van der Waals surface area contributed by atoms with Crippen LogP contribution in [0.1, 0.15) is 33.6 Å². The number of hydrogen-bond acceptors (Lipinski definition) is 2. The predicted octanol–water partition coefficient (Wildman–Crippen LogP) is 1.98. The lowest BCUT2D eigenvalue weighted by Crippen LogP contribution is -2.46. The van der Waals surface area contributed by atoms with E-state index in [2.05, 4.69) is 39.8 Å². The molecule has 2 nitrogen and oxygen atoms in total. The lowest BCUT2D eigenvalue weighted by Gasteiger charge is -2.45. The van der Waals surface area contributed by atoms with Crippen LogP contribution in [0.5, 0.6) is 0 Å². The molecule has 0 aromatic heterocycles. The Morgan fingerprint density at radius 2 is 1.93 bits per heavy atom. The summed E-state index contributed by atoms with van der Waals surface area (Å²) in [6.07, 6.45) is 2.10. The lowest BCUT2D eigenvalue weighted by molar-refractivity contribution is -0.0404. The van der Waals surface area contributed by atoms with Crippen molar-refractivity contribution < 1.29 is 5.11 Å². The van der Waals surface area contributed by atoms with Gasteiger partial charge in [-0.1, -0.05) is 20.8 Å². The highest BCUT2D eigenvalue weighted by molar-refractivity contribution is 4.91. The zero-order chi connectivity index (χ0) is 10.9. The first kappa shape index (κ1) is 12.0. The van der Waals surface area contributed by atoms with Gasteiger partial charge in [-0.25, -0.2) is 0 Å². The van der Waals surface area contributed by atoms with Crippen LogP contribution >= 0.6 is 0 Å². The van der Waals surface area contributed by atoms with Crippen molar-refractivity contribution in [2.75, 3.05) is 20.6 Å². The van der Waals surface area contributed by atoms with Gasteiger partial charge in [0.05, 0.1) is 6.10 Å². The molecule has 0 saturated heterocycles. The van der Waals surface area contributed by atoms with Crippen molar-refractivity contribution in [1.82, 2.24) is 4.90 Å². The Kier molecular flexibility index (Phi) is 3.59. The molecule has 0 radical (unpaired) electrons. The van der Waals surface area contributed by atoms with E-state index in [1.165, 1.54) is 6.42 Å². The number of hydrogen-bond donors (Lipinski definition) is 1. The maximum atomic E-state index is 10.1. The molecule has 0 spiro atoms. The summed E-state index contributed by atoms with van der Waals surface area (Å²) in [5.74, 6) is 1.09. The molecule has 0 amide bonds. The fourth-order valence-electron chi connectivity index (χ4n) is 2.99. The van der Waals surface area contributed by atoms with Gasteiger partial charge in [0.1, 0.15) is 0 Å². The summed E-state index contributed by atoms with van der Waals surface area (Å²) in [5.41, 5.74) is 0.279. The molecule has 84 valence electrons. The minimum absolute atomic E-state index is 0.115. The minimum atomic E-state index is -0.115. The molecule has 14 heavy (non-hydrogen) atoms. The molecule has 3 atom stereocenters. The van der Waals surface area contributed by atoms with E-state index in [9.17, 15) is 5.11 Å². The van der Waals surface area contributed by atoms with E-state index in [4.69, 9.17) is 0 Å². The van der Waals surface area contributed by atoms with E-state index < -0.39 is 0 Å². The van der Waals surface area contributed by atoms with Gasteiger partial charge in [0.2, 0.25) is 0 Å². The summed E-state index contributed by atoms with van der Waals surface area (Å²) >= 11 is 0. The van der Waals surface area contributed by atoms with Crippen LogP contribution in [0.15, 0.2) is 0 Å². The number of aliphatic hydroxyl groups is 1. The molecular weight excluding hydrogens is 174 g/mol. The van der Waals surface area contributed by atoms with E-state index in [1.54, 1.807) is 0 Å². The van der Waals surface area contributed by atoms with Crippen LogP contribution in [0.25, 0.3) is 0 Å². The fraction of sp³-hybridized carbons (Fsp3) is 1.00. The van der Waals surface area contributed by atoms with Crippen molar-refractivity contribution in [1.29, 1.82) is 0 Å². The maximum Gasteiger partial charge on any atom is 0.0588 e. The van der Waals surface area contributed by atoms with E-state index in [0.717, 1.165) is 13.0 Å². The van der Waals surface area contributed by atoms with Crippen LogP contribution in [-0.2, 0) is 0 Å². The Labute approximate surface area is 88.3 Å². The molecule has 1 fully saturated rings. The second-order valence-corrected chi connectivity index (χ2v) is 5.97. The zero-order valence-electron chi connectivity index (χ0n) is 10.2. The Bertz CT molecular complexity index is 189. The van der Waals surface area contributed by atoms with Gasteiger partial charge >= 0.3 is 0 Å². The molecule has 0 heterocycles. The third-order valence-electron chi connectivity index (χ3n) is 3.55. The quantitative estimate of drug-likeness (QED) is 0.735. The van der Waals surface area contributed by atoms with Gasteiger partial charge in [-0.3, -0.25) is 0 Å². The molecule has 1 aliphatic rings. The van der Waals surface area contributed by atoms with Gasteiger partial charge < -0.3 is 10.0 Å². The normalized spacial score (nSPS) is 37.5. The Balaban J connectivity index is 2.69. The van der Waals surface area contributed by atoms with E-state index in [0.29, 0.717) is 11.8 Å². The fourth-order valence-corrected chi connectivity index (χ4v) is 2.99. The first-order chi connectivity index (χ1) is 6.33. The smallest absolute Gasteiger partial charge is 0.0588 e. The first-order valence-corrected chi connectivity index (χ1v) is 5.65. The van der Waals surface area contributed by atoms with Gasteiger partial charge in [-0.05, 0) is 38.3 Å². The average molecular weight is 199 g/mol. The summed E-state index contributed by atoms with van der Waals surface area (Å²) in [6.45, 7) is 7.83. The third kappa shape index (κ3) is 2.71. The van der Waals surface area contributed by atoms with Gasteiger partial charge in [0, 0.05) is 12.5 Å². The highest BCUT2D eigenvalue weighted by Gasteiger charge is 2.40. The third-order valence-corrected chi connectivity index (χ3v) is 3.55. The summed E-state index contributed by atoms with van der Waals surface area (Å²) in [6, 6.07) is 0. The van der Waals surface area contributed by atoms with Crippen molar-refractivity contribution in [3.63, 3.8) is 0 Å². The molecule has 0 bridgehead atoms. The van der Waals surface area contributed by atoms with E-state index in [-0.39, 0.29) is 11.5 Å². The van der Waals surface area contributed by atoms with Crippen LogP contribution in [0, 0.1) is 17.3 Å². The van der Waals surface area contributed by atoms with Gasteiger partial charge in [0.25, 0.3) is 0 Å². The second kappa shape index (κ2) is 4.19. The molecule has 1 N–H and O–H groups in total. The van der Waals surface area contributed by atoms with Crippen LogP contribution < -0.4 is 0 Å². The van der Waals surface area contributed by atoms with Gasteiger partial charge in [0.15, 0.2) is 0 Å². The molecule has 0 aromatic carbocycles. The molecule has 0 unspecified atom stereocenters. The Hall–Kier alpha value is -0.0800. The molecule has 1 saturated carbocycles. The second-order valence-electron chi connectivity index (χ2n) is 5.97. The van der Waals surface area contributed by atoms with Crippen molar-refractivity contribution >= 4 is 0 Å². The Morgan fingerprint density at radius 1 is 1.36 bits per heavy atom. The standard InChI is InChI=1S/C12H25NO/c1-9-6-11(14)10(8-13(4)5)12(2,3)7-9/h9-11,14H,6-8H2,1-5H3/t9-,10-,11-/m0/s1. The molecule has 1 aliphatic carbocycles. The van der Waals surface area contributed by atoms with E-state index >= 15 is 0 Å². The van der Waals surface area contributed by atoms with Crippen molar-refractivity contribution in [2.24, 2.45) is 17.3 Å². The van der Waals surface area contributed by atoms with Crippen molar-refractivity contribution in [3.8, 4) is 0 Å². The van der Waals surface area contributed by atoms with Gasteiger partial charge in [-0.2, -0.15) is 0 Å². The SMILES string of the molecule is C[C@H]1C[C@H](O)[C@H](CN(C)C)C(C)(C)C1. The monoisotopic (exact) mass is 199 g/mol. The zero-order valence-corrected chi connectivity index (χ0v) is 10.2. The minimum Gasteiger partial charge on any atom is -0.393 e. The van der Waals surface area contributed by atoms with Crippen LogP contribution in [0.2, 0.25) is 0 Å². The average Bonchev–Trinajstić information content (AvgIpc) is 1.95. The number of nitrogens with zero attached hydrogens (tertiary/aromatic N) is 1. The lowest BCUT2D eigenvalue weighted by atomic mass is 9.64. The summed E-state index contributed by atoms with van der Waals surface area (Å²) < 4.78 is 0. The van der Waals surface area contributed by atoms with Crippen LogP contribution in [-0.4, -0.2) is 36.8 Å². The number of rotatable bonds is 2. The first-order valence-electron chi connectivity index (χ1n) is 5.65. The topological polar surface area (TPSA) is 23.5 Å². The molecule has 0 aliphatic heterocycles. The van der Waals surface area contributed by atoms with E-state index in [1.807, 2.05) is 0 Å². The van der Waals surface area contributed by atoms with Crippen molar-refractivity contribution in [3.05, 3.63) is 0 Å². The number of aliphatic hydroxyl groups excluding tert-OH is 1. The summed E-state index contributed by atoms with van der Waals surface area (Å²) in [7, 11) is 4.17. The predicted molar refractivity (Wildman–Crippen MR) is 60.2 cm³/mol. The molecule has 0 aromatic rings.